The van der Waals surface area contributed by atoms with Gasteiger partial charge in [-0.25, -0.2) is 0 Å². The molecule has 0 atom stereocenters. The molecule has 1 N–H and O–H groups in total. The van der Waals surface area contributed by atoms with E-state index in [1.54, 1.807) is 18.9 Å². The lowest BCUT2D eigenvalue weighted by Gasteiger charge is -2.25. The maximum atomic E-state index is 5.63. The van der Waals surface area contributed by atoms with Crippen LogP contribution in [0.4, 0.5) is 11.4 Å². The van der Waals surface area contributed by atoms with Crippen molar-refractivity contribution in [1.82, 2.24) is 0 Å². The Labute approximate surface area is 121 Å². The van der Waals surface area contributed by atoms with Gasteiger partial charge in [0.25, 0.3) is 0 Å². The molecule has 0 saturated carbocycles. The fourth-order valence-corrected chi connectivity index (χ4v) is 3.36. The largest absolute Gasteiger partial charge is 0.497 e. The summed E-state index contributed by atoms with van der Waals surface area (Å²) in [4.78, 5) is 2.28. The summed E-state index contributed by atoms with van der Waals surface area (Å²) in [6.07, 6.45) is 0. The minimum Gasteiger partial charge on any atom is -0.497 e. The summed E-state index contributed by atoms with van der Waals surface area (Å²) < 4.78 is 16.5. The second-order valence-electron chi connectivity index (χ2n) is 4.58. The standard InChI is InChI=1S/C15H13NO3S/c1-17-9-2-3-10-14(6-9)20-15-8-13-12(7-11(15)16-10)18-4-5-19-13/h2-3,6-8,16H,4-5H2,1H3. The van der Waals surface area contributed by atoms with Crippen LogP contribution in [0.2, 0.25) is 0 Å². The highest BCUT2D eigenvalue weighted by Gasteiger charge is 2.21. The number of anilines is 2. The van der Waals surface area contributed by atoms with E-state index in [4.69, 9.17) is 14.2 Å². The highest BCUT2D eigenvalue weighted by molar-refractivity contribution is 7.99. The number of methoxy groups -OCH3 is 1. The van der Waals surface area contributed by atoms with Gasteiger partial charge in [0.15, 0.2) is 11.5 Å². The summed E-state index contributed by atoms with van der Waals surface area (Å²) in [5.41, 5.74) is 2.14. The lowest BCUT2D eigenvalue weighted by Crippen LogP contribution is -2.15. The molecule has 102 valence electrons. The minimum absolute atomic E-state index is 0.604. The van der Waals surface area contributed by atoms with Crippen molar-refractivity contribution in [2.24, 2.45) is 0 Å². The third kappa shape index (κ3) is 1.86. The molecule has 0 radical (unpaired) electrons. The van der Waals surface area contributed by atoms with Crippen LogP contribution in [0.3, 0.4) is 0 Å². The summed E-state index contributed by atoms with van der Waals surface area (Å²) in [6.45, 7) is 1.21. The Kier molecular flexibility index (Phi) is 2.67. The molecule has 0 amide bonds. The van der Waals surface area contributed by atoms with Gasteiger partial charge in [0.2, 0.25) is 0 Å². The van der Waals surface area contributed by atoms with E-state index in [9.17, 15) is 0 Å². The average molecular weight is 287 g/mol. The van der Waals surface area contributed by atoms with E-state index in [-0.39, 0.29) is 0 Å². The quantitative estimate of drug-likeness (QED) is 0.739. The molecule has 0 aromatic heterocycles. The Bertz CT molecular complexity index is 687. The number of benzene rings is 2. The van der Waals surface area contributed by atoms with Crippen molar-refractivity contribution in [2.75, 3.05) is 25.6 Å². The van der Waals surface area contributed by atoms with Crippen molar-refractivity contribution in [3.05, 3.63) is 30.3 Å². The number of fused-ring (bicyclic) bond motifs is 3. The molecule has 0 aliphatic carbocycles. The van der Waals surface area contributed by atoms with E-state index >= 15 is 0 Å². The number of nitrogens with one attached hydrogen (secondary N) is 1. The molecule has 2 aromatic carbocycles. The fraction of sp³-hybridized carbons (Fsp3) is 0.200. The smallest absolute Gasteiger partial charge is 0.163 e. The molecule has 5 heteroatoms. The van der Waals surface area contributed by atoms with Gasteiger partial charge in [-0.05, 0) is 18.2 Å². The van der Waals surface area contributed by atoms with Crippen LogP contribution < -0.4 is 19.5 Å². The first-order chi connectivity index (χ1) is 9.83. The predicted molar refractivity (Wildman–Crippen MR) is 77.8 cm³/mol. The van der Waals surface area contributed by atoms with Gasteiger partial charge in [0.05, 0.1) is 18.5 Å². The van der Waals surface area contributed by atoms with Crippen LogP contribution in [0.25, 0.3) is 0 Å². The van der Waals surface area contributed by atoms with Gasteiger partial charge in [-0.3, -0.25) is 0 Å². The molecule has 2 aliphatic heterocycles. The van der Waals surface area contributed by atoms with E-state index < -0.39 is 0 Å². The number of rotatable bonds is 1. The molecule has 0 saturated heterocycles. The molecule has 0 fully saturated rings. The van der Waals surface area contributed by atoms with E-state index in [2.05, 4.69) is 5.32 Å². The van der Waals surface area contributed by atoms with Crippen LogP contribution in [0.5, 0.6) is 17.2 Å². The lowest BCUT2D eigenvalue weighted by molar-refractivity contribution is 0.171. The molecule has 2 aliphatic rings. The zero-order valence-corrected chi connectivity index (χ0v) is 11.8. The van der Waals surface area contributed by atoms with E-state index in [0.29, 0.717) is 13.2 Å². The topological polar surface area (TPSA) is 39.7 Å². The highest BCUT2D eigenvalue weighted by atomic mass is 32.2. The van der Waals surface area contributed by atoms with Gasteiger partial charge in [0, 0.05) is 21.9 Å². The third-order valence-electron chi connectivity index (χ3n) is 3.32. The Morgan fingerprint density at radius 1 is 1.00 bits per heavy atom. The molecule has 4 nitrogen and oxygen atoms in total. The van der Waals surface area contributed by atoms with Crippen LogP contribution in [-0.2, 0) is 0 Å². The van der Waals surface area contributed by atoms with E-state index in [0.717, 1.165) is 38.4 Å². The van der Waals surface area contributed by atoms with Gasteiger partial charge < -0.3 is 19.5 Å². The third-order valence-corrected chi connectivity index (χ3v) is 4.44. The van der Waals surface area contributed by atoms with Crippen molar-refractivity contribution >= 4 is 23.1 Å². The number of ether oxygens (including phenoxy) is 3. The van der Waals surface area contributed by atoms with Crippen molar-refractivity contribution < 1.29 is 14.2 Å². The monoisotopic (exact) mass is 287 g/mol. The van der Waals surface area contributed by atoms with Crippen molar-refractivity contribution in [3.8, 4) is 17.2 Å². The Morgan fingerprint density at radius 3 is 2.55 bits per heavy atom. The molecule has 4 rings (SSSR count). The maximum Gasteiger partial charge on any atom is 0.163 e. The highest BCUT2D eigenvalue weighted by Crippen LogP contribution is 2.49. The zero-order valence-electron chi connectivity index (χ0n) is 10.9. The summed E-state index contributed by atoms with van der Waals surface area (Å²) >= 11 is 1.71. The predicted octanol–water partition coefficient (Wildman–Crippen LogP) is 3.67. The first-order valence-corrected chi connectivity index (χ1v) is 7.22. The molecule has 20 heavy (non-hydrogen) atoms. The number of hydrogen-bond acceptors (Lipinski definition) is 5. The van der Waals surface area contributed by atoms with Gasteiger partial charge >= 0.3 is 0 Å². The molecule has 2 heterocycles. The second-order valence-corrected chi connectivity index (χ2v) is 5.66. The first kappa shape index (κ1) is 11.8. The summed E-state index contributed by atoms with van der Waals surface area (Å²) in [7, 11) is 1.68. The van der Waals surface area contributed by atoms with Crippen molar-refractivity contribution in [3.63, 3.8) is 0 Å². The Morgan fingerprint density at radius 2 is 1.75 bits per heavy atom. The zero-order chi connectivity index (χ0) is 13.5. The van der Waals surface area contributed by atoms with Crippen LogP contribution in [0.1, 0.15) is 0 Å². The van der Waals surface area contributed by atoms with Crippen molar-refractivity contribution in [2.45, 2.75) is 9.79 Å². The molecule has 0 unspecified atom stereocenters. The first-order valence-electron chi connectivity index (χ1n) is 6.40. The second kappa shape index (κ2) is 4.52. The fourth-order valence-electron chi connectivity index (χ4n) is 2.33. The summed E-state index contributed by atoms with van der Waals surface area (Å²) in [6, 6.07) is 10.1. The SMILES string of the molecule is COc1ccc2c(c1)Sc1cc3c(cc1N2)OCCO3. The van der Waals surface area contributed by atoms with Gasteiger partial charge in [-0.1, -0.05) is 11.8 Å². The van der Waals surface area contributed by atoms with E-state index in [1.807, 2.05) is 30.3 Å². The van der Waals surface area contributed by atoms with Gasteiger partial charge in [-0.2, -0.15) is 0 Å². The summed E-state index contributed by atoms with van der Waals surface area (Å²) in [5.74, 6) is 2.48. The normalized spacial score (nSPS) is 14.8. The Balaban J connectivity index is 1.76. The van der Waals surface area contributed by atoms with Crippen molar-refractivity contribution in [1.29, 1.82) is 0 Å². The Hall–Kier alpha value is -2.01. The lowest BCUT2D eigenvalue weighted by atomic mass is 10.2. The van der Waals surface area contributed by atoms with Crippen LogP contribution in [0.15, 0.2) is 40.1 Å². The van der Waals surface area contributed by atoms with Crippen LogP contribution in [-0.4, -0.2) is 20.3 Å². The van der Waals surface area contributed by atoms with Crippen LogP contribution in [0, 0.1) is 0 Å². The van der Waals surface area contributed by atoms with Gasteiger partial charge in [-0.15, -0.1) is 0 Å². The molecular formula is C15H13NO3S. The van der Waals surface area contributed by atoms with Gasteiger partial charge in [0.1, 0.15) is 19.0 Å². The molecule has 0 bridgehead atoms. The van der Waals surface area contributed by atoms with Crippen LogP contribution >= 0.6 is 11.8 Å². The summed E-state index contributed by atoms with van der Waals surface area (Å²) in [5, 5.41) is 3.43. The average Bonchev–Trinajstić information content (AvgIpc) is 2.50. The minimum atomic E-state index is 0.604. The van der Waals surface area contributed by atoms with E-state index in [1.165, 1.54) is 0 Å². The molecule has 2 aromatic rings. The molecule has 0 spiro atoms. The molecular weight excluding hydrogens is 274 g/mol. The number of hydrogen-bond donors (Lipinski definition) is 1. The maximum absolute atomic E-state index is 5.63.